The van der Waals surface area contributed by atoms with Gasteiger partial charge in [0.15, 0.2) is 5.16 Å². The van der Waals surface area contributed by atoms with Gasteiger partial charge in [0.1, 0.15) is 0 Å². The Balaban J connectivity index is 1.66. The van der Waals surface area contributed by atoms with Gasteiger partial charge in [0.2, 0.25) is 5.91 Å². The van der Waals surface area contributed by atoms with Crippen molar-refractivity contribution in [3.8, 4) is 5.69 Å². The first-order valence-electron chi connectivity index (χ1n) is 10.3. The van der Waals surface area contributed by atoms with Crippen molar-refractivity contribution in [2.75, 3.05) is 11.1 Å². The van der Waals surface area contributed by atoms with Gasteiger partial charge < -0.3 is 5.32 Å². The first-order valence-corrected chi connectivity index (χ1v) is 11.6. The number of amides is 1. The summed E-state index contributed by atoms with van der Waals surface area (Å²) in [4.78, 5) is 30.6. The van der Waals surface area contributed by atoms with Crippen molar-refractivity contribution >= 4 is 45.9 Å². The third kappa shape index (κ3) is 4.71. The third-order valence-electron chi connectivity index (χ3n) is 5.08. The van der Waals surface area contributed by atoms with E-state index in [-0.39, 0.29) is 17.2 Å². The Hall–Kier alpha value is -3.09. The molecule has 0 bridgehead atoms. The second-order valence-electron chi connectivity index (χ2n) is 7.39. The molecule has 0 aliphatic carbocycles. The fraction of sp³-hybridized carbons (Fsp3) is 0.160. The van der Waals surface area contributed by atoms with E-state index in [1.165, 1.54) is 17.3 Å². The minimum absolute atomic E-state index is 0.0853. The van der Waals surface area contributed by atoms with Crippen LogP contribution in [-0.2, 0) is 11.2 Å². The molecule has 1 amide bonds. The first kappa shape index (κ1) is 22.1. The minimum Gasteiger partial charge on any atom is -0.324 e. The van der Waals surface area contributed by atoms with E-state index >= 15 is 0 Å². The van der Waals surface area contributed by atoms with Gasteiger partial charge in [-0.2, -0.15) is 0 Å². The Kier molecular flexibility index (Phi) is 6.63. The summed E-state index contributed by atoms with van der Waals surface area (Å²) in [5.41, 5.74) is 3.91. The molecule has 162 valence electrons. The SMILES string of the molecule is CCc1ccc(-n2c(SCC(=O)Nc3ccc(C)cc3Cl)nc3ccccc3c2=O)cc1. The van der Waals surface area contributed by atoms with Gasteiger partial charge in [0, 0.05) is 0 Å². The molecule has 7 heteroatoms. The van der Waals surface area contributed by atoms with Crippen molar-refractivity contribution in [3.05, 3.63) is 93.2 Å². The molecule has 3 aromatic carbocycles. The van der Waals surface area contributed by atoms with Crippen molar-refractivity contribution in [3.63, 3.8) is 0 Å². The van der Waals surface area contributed by atoms with Crippen molar-refractivity contribution < 1.29 is 4.79 Å². The van der Waals surface area contributed by atoms with E-state index in [0.29, 0.717) is 26.8 Å². The monoisotopic (exact) mass is 463 g/mol. The number of carbonyl (C=O) groups is 1. The highest BCUT2D eigenvalue weighted by atomic mass is 35.5. The van der Waals surface area contributed by atoms with Crippen molar-refractivity contribution in [1.82, 2.24) is 9.55 Å². The number of carbonyl (C=O) groups excluding carboxylic acids is 1. The lowest BCUT2D eigenvalue weighted by Gasteiger charge is -2.14. The standard InChI is InChI=1S/C25H22ClN3O2S/c1-3-17-9-11-18(12-10-17)29-24(31)19-6-4-5-7-21(19)28-25(29)32-15-23(30)27-22-13-8-16(2)14-20(22)26/h4-14H,3,15H2,1-2H3,(H,27,30). The summed E-state index contributed by atoms with van der Waals surface area (Å²) in [6.45, 7) is 4.02. The molecule has 0 saturated heterocycles. The molecule has 5 nitrogen and oxygen atoms in total. The lowest BCUT2D eigenvalue weighted by atomic mass is 10.1. The smallest absolute Gasteiger partial charge is 0.266 e. The van der Waals surface area contributed by atoms with Crippen molar-refractivity contribution in [2.45, 2.75) is 25.4 Å². The molecule has 0 atom stereocenters. The van der Waals surface area contributed by atoms with Crippen molar-refractivity contribution in [2.24, 2.45) is 0 Å². The quantitative estimate of drug-likeness (QED) is 0.297. The van der Waals surface area contributed by atoms with Crippen LogP contribution in [0.2, 0.25) is 5.02 Å². The zero-order valence-electron chi connectivity index (χ0n) is 17.8. The van der Waals surface area contributed by atoms with Crippen molar-refractivity contribution in [1.29, 1.82) is 0 Å². The lowest BCUT2D eigenvalue weighted by Crippen LogP contribution is -2.23. The summed E-state index contributed by atoms with van der Waals surface area (Å²) in [6.07, 6.45) is 0.911. The summed E-state index contributed by atoms with van der Waals surface area (Å²) in [5.74, 6) is -0.141. The Bertz CT molecular complexity index is 1350. The van der Waals surface area contributed by atoms with Crippen LogP contribution in [0.3, 0.4) is 0 Å². The van der Waals surface area contributed by atoms with E-state index in [2.05, 4.69) is 17.2 Å². The predicted molar refractivity (Wildman–Crippen MR) is 132 cm³/mol. The van der Waals surface area contributed by atoms with Gasteiger partial charge in [-0.3, -0.25) is 14.2 Å². The third-order valence-corrected chi connectivity index (χ3v) is 6.33. The first-order chi connectivity index (χ1) is 15.5. The Labute approximate surface area is 195 Å². The number of para-hydroxylation sites is 1. The second-order valence-corrected chi connectivity index (χ2v) is 8.74. The van der Waals surface area contributed by atoms with Crippen LogP contribution < -0.4 is 10.9 Å². The topological polar surface area (TPSA) is 64.0 Å². The van der Waals surface area contributed by atoms with Gasteiger partial charge in [-0.15, -0.1) is 0 Å². The lowest BCUT2D eigenvalue weighted by molar-refractivity contribution is -0.113. The zero-order valence-corrected chi connectivity index (χ0v) is 19.3. The molecule has 1 aromatic heterocycles. The molecule has 0 radical (unpaired) electrons. The molecule has 1 N–H and O–H groups in total. The molecule has 0 aliphatic heterocycles. The molecule has 0 fully saturated rings. The number of thioether (sulfide) groups is 1. The number of hydrogen-bond acceptors (Lipinski definition) is 4. The van der Waals surface area contributed by atoms with Gasteiger partial charge in [-0.25, -0.2) is 4.98 Å². The van der Waals surface area contributed by atoms with E-state index in [0.717, 1.165) is 17.7 Å². The molecule has 4 rings (SSSR count). The van der Waals surface area contributed by atoms with Gasteiger partial charge in [-0.05, 0) is 60.9 Å². The number of aromatic nitrogens is 2. The number of aryl methyl sites for hydroxylation is 2. The molecule has 0 saturated carbocycles. The van der Waals surface area contributed by atoms with Crippen LogP contribution in [0.5, 0.6) is 0 Å². The summed E-state index contributed by atoms with van der Waals surface area (Å²) in [6, 6.07) is 20.5. The molecule has 4 aromatic rings. The average Bonchev–Trinajstić information content (AvgIpc) is 2.80. The van der Waals surface area contributed by atoms with Crippen LogP contribution in [0, 0.1) is 6.92 Å². The number of nitrogens with zero attached hydrogens (tertiary/aromatic N) is 2. The van der Waals surface area contributed by atoms with Gasteiger partial charge in [-0.1, -0.05) is 60.6 Å². The predicted octanol–water partition coefficient (Wildman–Crippen LogP) is 5.64. The minimum atomic E-state index is -0.226. The van der Waals surface area contributed by atoms with Gasteiger partial charge >= 0.3 is 0 Å². The van der Waals surface area contributed by atoms with Crippen LogP contribution in [0.4, 0.5) is 5.69 Å². The summed E-state index contributed by atoms with van der Waals surface area (Å²) in [5, 5.41) is 4.31. The molecule has 0 aliphatic rings. The normalized spacial score (nSPS) is 11.0. The molecule has 32 heavy (non-hydrogen) atoms. The Morgan fingerprint density at radius 1 is 1.09 bits per heavy atom. The van der Waals surface area contributed by atoms with E-state index in [4.69, 9.17) is 11.6 Å². The maximum absolute atomic E-state index is 13.3. The Morgan fingerprint density at radius 3 is 2.56 bits per heavy atom. The van der Waals surface area contributed by atoms with Crippen LogP contribution >= 0.6 is 23.4 Å². The van der Waals surface area contributed by atoms with E-state index in [1.807, 2.05) is 49.4 Å². The highest BCUT2D eigenvalue weighted by Crippen LogP contribution is 2.25. The fourth-order valence-electron chi connectivity index (χ4n) is 3.36. The molecular weight excluding hydrogens is 442 g/mol. The number of hydrogen-bond donors (Lipinski definition) is 1. The van der Waals surface area contributed by atoms with Crippen LogP contribution in [0.1, 0.15) is 18.1 Å². The number of fused-ring (bicyclic) bond motifs is 1. The molecule has 0 unspecified atom stereocenters. The summed E-state index contributed by atoms with van der Waals surface area (Å²) < 4.78 is 1.57. The molecule has 1 heterocycles. The van der Waals surface area contributed by atoms with Crippen LogP contribution in [0.15, 0.2) is 76.7 Å². The van der Waals surface area contributed by atoms with Crippen LogP contribution in [0.25, 0.3) is 16.6 Å². The highest BCUT2D eigenvalue weighted by Gasteiger charge is 2.15. The molecular formula is C25H22ClN3O2S. The second kappa shape index (κ2) is 9.59. The van der Waals surface area contributed by atoms with Crippen LogP contribution in [-0.4, -0.2) is 21.2 Å². The number of nitrogens with one attached hydrogen (secondary N) is 1. The maximum atomic E-state index is 13.3. The fourth-order valence-corrected chi connectivity index (χ4v) is 4.45. The average molecular weight is 464 g/mol. The summed E-state index contributed by atoms with van der Waals surface area (Å²) >= 11 is 7.44. The van der Waals surface area contributed by atoms with E-state index < -0.39 is 0 Å². The maximum Gasteiger partial charge on any atom is 0.266 e. The highest BCUT2D eigenvalue weighted by molar-refractivity contribution is 7.99. The number of rotatable bonds is 6. The van der Waals surface area contributed by atoms with E-state index in [1.54, 1.807) is 28.8 Å². The number of anilines is 1. The van der Waals surface area contributed by atoms with E-state index in [9.17, 15) is 9.59 Å². The summed E-state index contributed by atoms with van der Waals surface area (Å²) in [7, 11) is 0. The molecule has 0 spiro atoms. The van der Waals surface area contributed by atoms with Gasteiger partial charge in [0.25, 0.3) is 5.56 Å². The van der Waals surface area contributed by atoms with Gasteiger partial charge in [0.05, 0.1) is 33.1 Å². The Morgan fingerprint density at radius 2 is 1.84 bits per heavy atom. The largest absolute Gasteiger partial charge is 0.324 e. The zero-order chi connectivity index (χ0) is 22.7. The number of benzene rings is 3. The number of halogens is 1.